The number of carbonyl (C=O) groups excluding carboxylic acids is 1. The third kappa shape index (κ3) is 3.58. The molecule has 0 fully saturated rings. The number of nitrogens with zero attached hydrogens (tertiary/aromatic N) is 1. The fourth-order valence-corrected chi connectivity index (χ4v) is 0.937. The standard InChI is InChI=1S/C9H9F4N3O/c10-8(11)9(12,13)4-16-7(17)6-3-5(14)1-2-15-6/h1-3,8H,4H2,(H2,14,15)(H,16,17). The van der Waals surface area contributed by atoms with Crippen molar-refractivity contribution in [1.29, 1.82) is 0 Å². The van der Waals surface area contributed by atoms with E-state index >= 15 is 0 Å². The minimum absolute atomic E-state index is 0.213. The molecule has 0 aliphatic carbocycles. The van der Waals surface area contributed by atoms with Crippen LogP contribution in [0.5, 0.6) is 0 Å². The number of hydrogen-bond acceptors (Lipinski definition) is 3. The van der Waals surface area contributed by atoms with Crippen molar-refractivity contribution in [3.05, 3.63) is 24.0 Å². The van der Waals surface area contributed by atoms with Crippen molar-refractivity contribution in [3.8, 4) is 0 Å². The Labute approximate surface area is 93.8 Å². The first-order valence-electron chi connectivity index (χ1n) is 4.48. The summed E-state index contributed by atoms with van der Waals surface area (Å²) in [6, 6.07) is 2.54. The number of aromatic nitrogens is 1. The zero-order valence-electron chi connectivity index (χ0n) is 8.46. The maximum atomic E-state index is 12.5. The van der Waals surface area contributed by atoms with Crippen molar-refractivity contribution in [2.75, 3.05) is 12.3 Å². The lowest BCUT2D eigenvalue weighted by Gasteiger charge is -2.15. The van der Waals surface area contributed by atoms with E-state index in [-0.39, 0.29) is 11.4 Å². The number of anilines is 1. The minimum atomic E-state index is -4.27. The van der Waals surface area contributed by atoms with E-state index < -0.39 is 24.8 Å². The number of alkyl halides is 4. The highest BCUT2D eigenvalue weighted by atomic mass is 19.3. The van der Waals surface area contributed by atoms with Gasteiger partial charge in [-0.2, -0.15) is 8.78 Å². The Kier molecular flexibility index (Phi) is 3.87. The van der Waals surface area contributed by atoms with Crippen LogP contribution in [0.15, 0.2) is 18.3 Å². The van der Waals surface area contributed by atoms with Crippen LogP contribution in [0.4, 0.5) is 23.2 Å². The lowest BCUT2D eigenvalue weighted by Crippen LogP contribution is -2.41. The summed E-state index contributed by atoms with van der Waals surface area (Å²) in [4.78, 5) is 14.8. The number of halogens is 4. The third-order valence-corrected chi connectivity index (χ3v) is 1.82. The highest BCUT2D eigenvalue weighted by molar-refractivity contribution is 5.92. The highest BCUT2D eigenvalue weighted by Crippen LogP contribution is 2.21. The molecule has 1 heterocycles. The van der Waals surface area contributed by atoms with Crippen LogP contribution in [0.3, 0.4) is 0 Å². The lowest BCUT2D eigenvalue weighted by molar-refractivity contribution is -0.123. The second-order valence-electron chi connectivity index (χ2n) is 3.22. The molecule has 1 aromatic heterocycles. The normalized spacial score (nSPS) is 11.6. The van der Waals surface area contributed by atoms with E-state index in [1.165, 1.54) is 12.3 Å². The molecule has 3 N–H and O–H groups in total. The van der Waals surface area contributed by atoms with Gasteiger partial charge in [0.15, 0.2) is 0 Å². The third-order valence-electron chi connectivity index (χ3n) is 1.82. The molecule has 0 aromatic carbocycles. The predicted octanol–water partition coefficient (Wildman–Crippen LogP) is 1.29. The molecule has 0 bridgehead atoms. The molecule has 0 unspecified atom stereocenters. The molecule has 0 atom stereocenters. The van der Waals surface area contributed by atoms with Crippen molar-refractivity contribution < 1.29 is 22.4 Å². The van der Waals surface area contributed by atoms with E-state index in [1.54, 1.807) is 5.32 Å². The molecule has 0 saturated carbocycles. The van der Waals surface area contributed by atoms with Gasteiger partial charge in [-0.25, -0.2) is 8.78 Å². The molecule has 1 amide bonds. The summed E-state index contributed by atoms with van der Waals surface area (Å²) in [7, 11) is 0. The summed E-state index contributed by atoms with van der Waals surface area (Å²) in [6.45, 7) is -1.46. The summed E-state index contributed by atoms with van der Waals surface area (Å²) < 4.78 is 48.6. The van der Waals surface area contributed by atoms with Crippen LogP contribution in [0.25, 0.3) is 0 Å². The van der Waals surface area contributed by atoms with E-state index in [0.717, 1.165) is 6.07 Å². The van der Waals surface area contributed by atoms with Crippen LogP contribution >= 0.6 is 0 Å². The van der Waals surface area contributed by atoms with Gasteiger partial charge in [0.05, 0.1) is 6.54 Å². The van der Waals surface area contributed by atoms with Gasteiger partial charge in [-0.1, -0.05) is 0 Å². The number of amides is 1. The number of rotatable bonds is 4. The maximum Gasteiger partial charge on any atom is 0.324 e. The minimum Gasteiger partial charge on any atom is -0.399 e. The molecule has 0 radical (unpaired) electrons. The average Bonchev–Trinajstić information content (AvgIpc) is 2.25. The summed E-state index contributed by atoms with van der Waals surface area (Å²) >= 11 is 0. The summed E-state index contributed by atoms with van der Waals surface area (Å²) in [5, 5.41) is 1.66. The van der Waals surface area contributed by atoms with Crippen LogP contribution in [-0.2, 0) is 0 Å². The van der Waals surface area contributed by atoms with Gasteiger partial charge >= 0.3 is 12.3 Å². The summed E-state index contributed by atoms with van der Waals surface area (Å²) in [5.74, 6) is -5.26. The number of carbonyl (C=O) groups is 1. The van der Waals surface area contributed by atoms with Gasteiger partial charge in [0.25, 0.3) is 5.91 Å². The lowest BCUT2D eigenvalue weighted by atomic mass is 10.3. The van der Waals surface area contributed by atoms with Crippen LogP contribution in [0, 0.1) is 0 Å². The van der Waals surface area contributed by atoms with Gasteiger partial charge in [0, 0.05) is 11.9 Å². The smallest absolute Gasteiger partial charge is 0.324 e. The molecule has 1 aromatic rings. The number of nitrogens with one attached hydrogen (secondary N) is 1. The first kappa shape index (κ1) is 13.2. The number of pyridine rings is 1. The Morgan fingerprint density at radius 3 is 2.71 bits per heavy atom. The van der Waals surface area contributed by atoms with Crippen molar-refractivity contribution in [3.63, 3.8) is 0 Å². The number of nitrogens with two attached hydrogens (primary N) is 1. The van der Waals surface area contributed by atoms with Crippen molar-refractivity contribution >= 4 is 11.6 Å². The Bertz CT molecular complexity index is 411. The van der Waals surface area contributed by atoms with Crippen molar-refractivity contribution in [2.45, 2.75) is 12.3 Å². The molecule has 94 valence electrons. The molecule has 0 aliphatic heterocycles. The van der Waals surface area contributed by atoms with E-state index in [9.17, 15) is 22.4 Å². The van der Waals surface area contributed by atoms with Crippen LogP contribution in [0.1, 0.15) is 10.5 Å². The first-order valence-corrected chi connectivity index (χ1v) is 4.48. The fourth-order valence-electron chi connectivity index (χ4n) is 0.937. The molecule has 17 heavy (non-hydrogen) atoms. The first-order chi connectivity index (χ1) is 7.83. The fraction of sp³-hybridized carbons (Fsp3) is 0.333. The molecule has 0 aliphatic rings. The molecular weight excluding hydrogens is 242 g/mol. The zero-order chi connectivity index (χ0) is 13.1. The van der Waals surface area contributed by atoms with Gasteiger partial charge in [-0.15, -0.1) is 0 Å². The largest absolute Gasteiger partial charge is 0.399 e. The Hall–Kier alpha value is -1.86. The summed E-state index contributed by atoms with van der Waals surface area (Å²) in [6.07, 6.45) is -2.63. The highest BCUT2D eigenvalue weighted by Gasteiger charge is 2.40. The van der Waals surface area contributed by atoms with Crippen LogP contribution in [-0.4, -0.2) is 29.8 Å². The van der Waals surface area contributed by atoms with Gasteiger partial charge < -0.3 is 11.1 Å². The Balaban J connectivity index is 2.62. The molecule has 0 spiro atoms. The SMILES string of the molecule is Nc1ccnc(C(=O)NCC(F)(F)C(F)F)c1. The van der Waals surface area contributed by atoms with Gasteiger partial charge in [0.1, 0.15) is 5.69 Å². The van der Waals surface area contributed by atoms with Crippen molar-refractivity contribution in [1.82, 2.24) is 10.3 Å². The van der Waals surface area contributed by atoms with E-state index in [2.05, 4.69) is 4.98 Å². The average molecular weight is 251 g/mol. The molecule has 0 saturated heterocycles. The van der Waals surface area contributed by atoms with E-state index in [4.69, 9.17) is 5.73 Å². The molecule has 1 rings (SSSR count). The molecule has 4 nitrogen and oxygen atoms in total. The summed E-state index contributed by atoms with van der Waals surface area (Å²) in [5.41, 5.74) is 5.34. The zero-order valence-corrected chi connectivity index (χ0v) is 8.46. The number of nitrogen functional groups attached to an aromatic ring is 1. The van der Waals surface area contributed by atoms with E-state index in [0.29, 0.717) is 0 Å². The van der Waals surface area contributed by atoms with Crippen molar-refractivity contribution in [2.24, 2.45) is 0 Å². The van der Waals surface area contributed by atoms with Crippen LogP contribution < -0.4 is 11.1 Å². The monoisotopic (exact) mass is 251 g/mol. The Morgan fingerprint density at radius 2 is 2.18 bits per heavy atom. The topological polar surface area (TPSA) is 68.0 Å². The van der Waals surface area contributed by atoms with Gasteiger partial charge in [0.2, 0.25) is 0 Å². The Morgan fingerprint density at radius 1 is 1.53 bits per heavy atom. The van der Waals surface area contributed by atoms with E-state index in [1.807, 2.05) is 0 Å². The van der Waals surface area contributed by atoms with Gasteiger partial charge in [-0.05, 0) is 12.1 Å². The second-order valence-corrected chi connectivity index (χ2v) is 3.22. The second kappa shape index (κ2) is 4.98. The molecular formula is C9H9F4N3O. The number of hydrogen-bond donors (Lipinski definition) is 2. The molecule has 8 heteroatoms. The quantitative estimate of drug-likeness (QED) is 0.792. The van der Waals surface area contributed by atoms with Gasteiger partial charge in [-0.3, -0.25) is 9.78 Å². The maximum absolute atomic E-state index is 12.5. The van der Waals surface area contributed by atoms with Crippen LogP contribution in [0.2, 0.25) is 0 Å². The predicted molar refractivity (Wildman–Crippen MR) is 51.9 cm³/mol.